The van der Waals surface area contributed by atoms with Gasteiger partial charge in [-0.2, -0.15) is 0 Å². The predicted octanol–water partition coefficient (Wildman–Crippen LogP) is 2.40. The van der Waals surface area contributed by atoms with E-state index in [0.29, 0.717) is 5.70 Å². The first kappa shape index (κ1) is 10.2. The Bertz CT molecular complexity index is 347. The number of benzene rings is 1. The molecule has 0 unspecified atom stereocenters. The van der Waals surface area contributed by atoms with Gasteiger partial charge in [-0.15, -0.1) is 0 Å². The van der Waals surface area contributed by atoms with E-state index in [1.807, 2.05) is 24.3 Å². The summed E-state index contributed by atoms with van der Waals surface area (Å²) in [6.07, 6.45) is 0. The van der Waals surface area contributed by atoms with Crippen molar-refractivity contribution in [1.82, 2.24) is 5.32 Å². The van der Waals surface area contributed by atoms with Gasteiger partial charge in [-0.1, -0.05) is 24.8 Å². The van der Waals surface area contributed by atoms with E-state index in [-0.39, 0.29) is 5.91 Å². The molecule has 0 aliphatic carbocycles. The number of hydrogen-bond acceptors (Lipinski definition) is 1. The first-order chi connectivity index (χ1) is 6.11. The summed E-state index contributed by atoms with van der Waals surface area (Å²) < 4.78 is 1.08. The molecule has 0 saturated carbocycles. The third-order valence-corrected chi connectivity index (χ3v) is 2.47. The van der Waals surface area contributed by atoms with Crippen LogP contribution in [0.3, 0.4) is 0 Å². The molecule has 0 heterocycles. The van der Waals surface area contributed by atoms with Crippen molar-refractivity contribution in [3.63, 3.8) is 0 Å². The van der Waals surface area contributed by atoms with Gasteiger partial charge in [0.2, 0.25) is 5.91 Å². The summed E-state index contributed by atoms with van der Waals surface area (Å²) in [5, 5.41) is 2.66. The van der Waals surface area contributed by atoms with Crippen LogP contribution in [0, 0.1) is 3.57 Å². The molecule has 1 rings (SSSR count). The number of nitrogens with one attached hydrogen (secondary N) is 1. The molecule has 68 valence electrons. The topological polar surface area (TPSA) is 29.1 Å². The molecule has 0 aliphatic heterocycles. The SMILES string of the molecule is C=C(NC(C)=O)c1ccccc1I. The molecule has 1 aromatic carbocycles. The Kier molecular flexibility index (Phi) is 3.48. The molecular formula is C10H10INO. The molecule has 13 heavy (non-hydrogen) atoms. The Morgan fingerprint density at radius 2 is 2.08 bits per heavy atom. The van der Waals surface area contributed by atoms with Gasteiger partial charge in [0.25, 0.3) is 0 Å². The second-order valence-corrected chi connectivity index (χ2v) is 3.80. The molecule has 0 aliphatic rings. The van der Waals surface area contributed by atoms with Crippen LogP contribution in [-0.2, 0) is 4.79 Å². The van der Waals surface area contributed by atoms with Gasteiger partial charge in [-0.3, -0.25) is 4.79 Å². The lowest BCUT2D eigenvalue weighted by Crippen LogP contribution is -2.17. The fourth-order valence-corrected chi connectivity index (χ4v) is 1.70. The average Bonchev–Trinajstić information content (AvgIpc) is 2.03. The summed E-state index contributed by atoms with van der Waals surface area (Å²) in [7, 11) is 0. The Hall–Kier alpha value is -0.840. The number of rotatable bonds is 2. The van der Waals surface area contributed by atoms with E-state index >= 15 is 0 Å². The molecule has 0 fully saturated rings. The van der Waals surface area contributed by atoms with Gasteiger partial charge in [0.05, 0.1) is 0 Å². The van der Waals surface area contributed by atoms with Crippen molar-refractivity contribution in [1.29, 1.82) is 0 Å². The summed E-state index contributed by atoms with van der Waals surface area (Å²) >= 11 is 2.21. The van der Waals surface area contributed by atoms with Gasteiger partial charge in [0.15, 0.2) is 0 Å². The second-order valence-electron chi connectivity index (χ2n) is 2.64. The van der Waals surface area contributed by atoms with Crippen LogP contribution < -0.4 is 5.32 Å². The highest BCUT2D eigenvalue weighted by molar-refractivity contribution is 14.1. The van der Waals surface area contributed by atoms with Crippen LogP contribution in [0.2, 0.25) is 0 Å². The molecule has 0 saturated heterocycles. The number of carbonyl (C=O) groups excluding carboxylic acids is 1. The highest BCUT2D eigenvalue weighted by Crippen LogP contribution is 2.17. The maximum atomic E-state index is 10.8. The van der Waals surface area contributed by atoms with Gasteiger partial charge >= 0.3 is 0 Å². The van der Waals surface area contributed by atoms with Crippen molar-refractivity contribution in [2.45, 2.75) is 6.92 Å². The maximum absolute atomic E-state index is 10.8. The van der Waals surface area contributed by atoms with E-state index in [9.17, 15) is 4.79 Å². The van der Waals surface area contributed by atoms with Gasteiger partial charge in [0.1, 0.15) is 0 Å². The summed E-state index contributed by atoms with van der Waals surface area (Å²) in [5.74, 6) is -0.0929. The van der Waals surface area contributed by atoms with Crippen LogP contribution in [0.15, 0.2) is 30.8 Å². The Balaban J connectivity index is 2.89. The van der Waals surface area contributed by atoms with Gasteiger partial charge in [-0.05, 0) is 28.7 Å². The van der Waals surface area contributed by atoms with Crippen LogP contribution in [0.5, 0.6) is 0 Å². The molecule has 1 amide bonds. The summed E-state index contributed by atoms with van der Waals surface area (Å²) in [4.78, 5) is 10.8. The number of hydrogen-bond donors (Lipinski definition) is 1. The molecule has 1 aromatic rings. The highest BCUT2D eigenvalue weighted by atomic mass is 127. The van der Waals surface area contributed by atoms with Crippen molar-refractivity contribution in [2.75, 3.05) is 0 Å². The number of amides is 1. The Morgan fingerprint density at radius 1 is 1.46 bits per heavy atom. The second kappa shape index (κ2) is 4.41. The van der Waals surface area contributed by atoms with Gasteiger partial charge in [-0.25, -0.2) is 0 Å². The summed E-state index contributed by atoms with van der Waals surface area (Å²) in [6, 6.07) is 7.78. The third kappa shape index (κ3) is 2.84. The predicted molar refractivity (Wildman–Crippen MR) is 62.0 cm³/mol. The fraction of sp³-hybridized carbons (Fsp3) is 0.100. The third-order valence-electron chi connectivity index (χ3n) is 1.53. The van der Waals surface area contributed by atoms with Crippen LogP contribution in [0.1, 0.15) is 12.5 Å². The fourth-order valence-electron chi connectivity index (χ4n) is 0.986. The molecule has 0 atom stereocenters. The average molecular weight is 287 g/mol. The molecule has 0 aromatic heterocycles. The quantitative estimate of drug-likeness (QED) is 0.831. The van der Waals surface area contributed by atoms with E-state index in [0.717, 1.165) is 9.13 Å². The van der Waals surface area contributed by atoms with Crippen LogP contribution in [0.25, 0.3) is 5.70 Å². The monoisotopic (exact) mass is 287 g/mol. The lowest BCUT2D eigenvalue weighted by Gasteiger charge is -2.07. The minimum absolute atomic E-state index is 0.0929. The number of halogens is 1. The smallest absolute Gasteiger partial charge is 0.221 e. The molecule has 1 N–H and O–H groups in total. The first-order valence-electron chi connectivity index (χ1n) is 3.82. The lowest BCUT2D eigenvalue weighted by molar-refractivity contribution is -0.117. The maximum Gasteiger partial charge on any atom is 0.221 e. The number of carbonyl (C=O) groups is 1. The molecule has 2 nitrogen and oxygen atoms in total. The van der Waals surface area contributed by atoms with E-state index < -0.39 is 0 Å². The molecule has 0 bridgehead atoms. The van der Waals surface area contributed by atoms with Gasteiger partial charge < -0.3 is 5.32 Å². The Morgan fingerprint density at radius 3 is 2.62 bits per heavy atom. The lowest BCUT2D eigenvalue weighted by atomic mass is 10.2. The zero-order valence-electron chi connectivity index (χ0n) is 7.30. The van der Waals surface area contributed by atoms with Crippen molar-refractivity contribution in [3.05, 3.63) is 40.0 Å². The minimum Gasteiger partial charge on any atom is -0.326 e. The van der Waals surface area contributed by atoms with Crippen molar-refractivity contribution in [2.24, 2.45) is 0 Å². The van der Waals surface area contributed by atoms with Crippen LogP contribution in [-0.4, -0.2) is 5.91 Å². The molecule has 0 spiro atoms. The molecule has 3 heteroatoms. The normalized spacial score (nSPS) is 9.38. The summed E-state index contributed by atoms with van der Waals surface area (Å²) in [6.45, 7) is 5.26. The summed E-state index contributed by atoms with van der Waals surface area (Å²) in [5.41, 5.74) is 1.62. The van der Waals surface area contributed by atoms with Crippen molar-refractivity contribution >= 4 is 34.2 Å². The Labute approximate surface area is 91.2 Å². The van der Waals surface area contributed by atoms with E-state index in [2.05, 4.69) is 34.5 Å². The van der Waals surface area contributed by atoms with E-state index in [1.165, 1.54) is 6.92 Å². The zero-order chi connectivity index (χ0) is 9.84. The van der Waals surface area contributed by atoms with Crippen molar-refractivity contribution < 1.29 is 4.79 Å². The zero-order valence-corrected chi connectivity index (χ0v) is 9.46. The standard InChI is InChI=1S/C10H10INO/c1-7(12-8(2)13)9-5-3-4-6-10(9)11/h3-6H,1H2,2H3,(H,12,13). The van der Waals surface area contributed by atoms with Crippen molar-refractivity contribution in [3.8, 4) is 0 Å². The van der Waals surface area contributed by atoms with Crippen LogP contribution in [0.4, 0.5) is 0 Å². The van der Waals surface area contributed by atoms with E-state index in [1.54, 1.807) is 0 Å². The largest absolute Gasteiger partial charge is 0.326 e. The first-order valence-corrected chi connectivity index (χ1v) is 4.90. The molecule has 0 radical (unpaired) electrons. The van der Waals surface area contributed by atoms with Gasteiger partial charge in [0, 0.05) is 21.8 Å². The minimum atomic E-state index is -0.0929. The highest BCUT2D eigenvalue weighted by Gasteiger charge is 2.03. The van der Waals surface area contributed by atoms with E-state index in [4.69, 9.17) is 0 Å². The molecular weight excluding hydrogens is 277 g/mol. The van der Waals surface area contributed by atoms with Crippen LogP contribution >= 0.6 is 22.6 Å².